The van der Waals surface area contributed by atoms with Gasteiger partial charge in [-0.25, -0.2) is 9.79 Å². The normalized spacial score (nSPS) is 14.6. The number of allylic oxidation sites excluding steroid dienone is 1. The highest BCUT2D eigenvalue weighted by molar-refractivity contribution is 7.07. The van der Waals surface area contributed by atoms with E-state index in [0.717, 1.165) is 41.0 Å². The molecule has 7 nitrogen and oxygen atoms in total. The van der Waals surface area contributed by atoms with Gasteiger partial charge >= 0.3 is 5.97 Å². The molecule has 0 N–H and O–H groups in total. The highest BCUT2D eigenvalue weighted by Crippen LogP contribution is 2.32. The number of halogens is 2. The smallest absolute Gasteiger partial charge is 0.338 e. The van der Waals surface area contributed by atoms with E-state index in [1.54, 1.807) is 30.5 Å². The molecule has 5 rings (SSSR count). The van der Waals surface area contributed by atoms with Crippen molar-refractivity contribution < 1.29 is 14.3 Å². The van der Waals surface area contributed by atoms with Gasteiger partial charge in [0.1, 0.15) is 12.4 Å². The second-order valence-electron chi connectivity index (χ2n) is 10.6. The van der Waals surface area contributed by atoms with Gasteiger partial charge in [0.15, 0.2) is 4.80 Å². The number of aromatic nitrogens is 1. The number of ether oxygens (including phenoxy) is 2. The largest absolute Gasteiger partial charge is 0.488 e. The minimum Gasteiger partial charge on any atom is -0.488 e. The zero-order valence-corrected chi connectivity index (χ0v) is 28.2. The van der Waals surface area contributed by atoms with Crippen molar-refractivity contribution in [2.75, 3.05) is 24.6 Å². The van der Waals surface area contributed by atoms with Gasteiger partial charge in [-0.05, 0) is 76.1 Å². The van der Waals surface area contributed by atoms with Crippen molar-refractivity contribution in [1.82, 2.24) is 4.57 Å². The fraction of sp³-hybridized carbons (Fsp3) is 0.286. The van der Waals surface area contributed by atoms with Crippen molar-refractivity contribution in [3.05, 3.63) is 124 Å². The Bertz CT molecular complexity index is 1940. The number of thiazole rings is 1. The number of esters is 1. The second-order valence-corrected chi connectivity index (χ2v) is 12.5. The molecule has 0 amide bonds. The highest BCUT2D eigenvalue weighted by atomic mass is 35.5. The molecule has 0 aliphatic carbocycles. The van der Waals surface area contributed by atoms with Crippen LogP contribution in [0.15, 0.2) is 81.7 Å². The average molecular weight is 665 g/mol. The molecule has 10 heteroatoms. The molecule has 1 aliphatic rings. The summed E-state index contributed by atoms with van der Waals surface area (Å²) in [6.07, 6.45) is 1.83. The van der Waals surface area contributed by atoms with Crippen LogP contribution < -0.4 is 24.5 Å². The van der Waals surface area contributed by atoms with Gasteiger partial charge in [0, 0.05) is 30.4 Å². The van der Waals surface area contributed by atoms with Crippen molar-refractivity contribution in [3.63, 3.8) is 0 Å². The van der Waals surface area contributed by atoms with Crippen molar-refractivity contribution in [1.29, 1.82) is 0 Å². The van der Waals surface area contributed by atoms with Gasteiger partial charge in [-0.2, -0.15) is 0 Å². The number of benzene rings is 3. The van der Waals surface area contributed by atoms with Crippen molar-refractivity contribution in [3.8, 4) is 5.75 Å². The van der Waals surface area contributed by atoms with E-state index in [1.807, 2.05) is 61.5 Å². The van der Waals surface area contributed by atoms with Crippen molar-refractivity contribution in [2.24, 2.45) is 4.99 Å². The molecule has 2 heterocycles. The van der Waals surface area contributed by atoms with E-state index >= 15 is 0 Å². The number of anilines is 1. The lowest BCUT2D eigenvalue weighted by molar-refractivity contribution is -0.139. The van der Waals surface area contributed by atoms with Crippen LogP contribution in [0, 0.1) is 6.92 Å². The molecule has 3 aromatic carbocycles. The standard InChI is InChI=1S/C35H35Cl2N3O4S/c1-6-39(7-2)26-15-14-25(29(19-26)44-20-23-11-16-27(36)28(37)17-23)18-30-33(41)40-32(24-12-9-21(4)10-13-24)31(34(42)43-8-3)22(5)38-35(40)45-30/h9-19,32H,6-8,20H2,1-5H3/b30-18-/t32-/m0/s1. The van der Waals surface area contributed by atoms with Crippen LogP contribution >= 0.6 is 34.5 Å². The Morgan fingerprint density at radius 1 is 1.00 bits per heavy atom. The van der Waals surface area contributed by atoms with Crippen LogP contribution in [-0.2, 0) is 16.1 Å². The molecular formula is C35H35Cl2N3O4S. The predicted molar refractivity (Wildman–Crippen MR) is 182 cm³/mol. The van der Waals surface area contributed by atoms with E-state index in [1.165, 1.54) is 11.3 Å². The number of fused-ring (bicyclic) bond motifs is 1. The number of hydrogen-bond donors (Lipinski definition) is 0. The first-order valence-electron chi connectivity index (χ1n) is 14.9. The van der Waals surface area contributed by atoms with E-state index in [2.05, 4.69) is 18.7 Å². The topological polar surface area (TPSA) is 73.1 Å². The van der Waals surface area contributed by atoms with Gasteiger partial charge in [0.2, 0.25) is 0 Å². The number of rotatable bonds is 10. The van der Waals surface area contributed by atoms with E-state index in [0.29, 0.717) is 36.4 Å². The Labute approximate surface area is 276 Å². The zero-order chi connectivity index (χ0) is 32.2. The SMILES string of the molecule is CCOC(=O)C1=C(C)N=c2s/c(=C\c3ccc(N(CC)CC)cc3OCc3ccc(Cl)c(Cl)c3)c(=O)n2[C@H]1c1ccc(C)cc1. The second kappa shape index (κ2) is 14.1. The average Bonchev–Trinajstić information content (AvgIpc) is 3.32. The maximum Gasteiger partial charge on any atom is 0.338 e. The van der Waals surface area contributed by atoms with Crippen LogP contribution in [0.4, 0.5) is 5.69 Å². The van der Waals surface area contributed by atoms with Crippen molar-refractivity contribution in [2.45, 2.75) is 47.3 Å². The number of nitrogens with zero attached hydrogens (tertiary/aromatic N) is 3. The summed E-state index contributed by atoms with van der Waals surface area (Å²) < 4.78 is 13.8. The number of aryl methyl sites for hydroxylation is 1. The maximum atomic E-state index is 14.2. The Hall–Kier alpha value is -3.85. The summed E-state index contributed by atoms with van der Waals surface area (Å²) in [5.74, 6) is 0.137. The molecule has 4 aromatic rings. The minimum atomic E-state index is -0.668. The summed E-state index contributed by atoms with van der Waals surface area (Å²) in [6, 6.07) is 18.5. The first-order chi connectivity index (χ1) is 21.6. The van der Waals surface area contributed by atoms with E-state index in [4.69, 9.17) is 37.7 Å². The number of carbonyl (C=O) groups excluding carboxylic acids is 1. The highest BCUT2D eigenvalue weighted by Gasteiger charge is 2.33. The summed E-state index contributed by atoms with van der Waals surface area (Å²) in [4.78, 5) is 34.8. The van der Waals surface area contributed by atoms with E-state index < -0.39 is 12.0 Å². The van der Waals surface area contributed by atoms with Gasteiger partial charge in [-0.1, -0.05) is 70.4 Å². The summed E-state index contributed by atoms with van der Waals surface area (Å²) >= 11 is 13.6. The lowest BCUT2D eigenvalue weighted by Crippen LogP contribution is -2.39. The lowest BCUT2D eigenvalue weighted by atomic mass is 9.95. The van der Waals surface area contributed by atoms with Gasteiger partial charge in [-0.3, -0.25) is 9.36 Å². The first kappa shape index (κ1) is 32.5. The summed E-state index contributed by atoms with van der Waals surface area (Å²) in [5, 5.41) is 0.932. The van der Waals surface area contributed by atoms with Gasteiger partial charge in [0.05, 0.1) is 38.5 Å². The maximum absolute atomic E-state index is 14.2. The van der Waals surface area contributed by atoms with E-state index in [9.17, 15) is 9.59 Å². The Kier molecular flexibility index (Phi) is 10.2. The fourth-order valence-electron chi connectivity index (χ4n) is 5.34. The molecule has 45 heavy (non-hydrogen) atoms. The molecule has 1 aliphatic heterocycles. The van der Waals surface area contributed by atoms with Crippen LogP contribution in [0.1, 0.15) is 56.0 Å². The zero-order valence-electron chi connectivity index (χ0n) is 25.9. The minimum absolute atomic E-state index is 0.217. The monoisotopic (exact) mass is 663 g/mol. The third-order valence-corrected chi connectivity index (χ3v) is 9.42. The Balaban J connectivity index is 1.63. The molecule has 0 fully saturated rings. The molecule has 0 spiro atoms. The Morgan fingerprint density at radius 3 is 2.40 bits per heavy atom. The van der Waals surface area contributed by atoms with Crippen molar-refractivity contribution >= 4 is 52.3 Å². The lowest BCUT2D eigenvalue weighted by Gasteiger charge is -2.24. The van der Waals surface area contributed by atoms with Crippen LogP contribution in [0.25, 0.3) is 6.08 Å². The summed E-state index contributed by atoms with van der Waals surface area (Å²) in [5.41, 5.74) is 5.13. The molecular weight excluding hydrogens is 629 g/mol. The predicted octanol–water partition coefficient (Wildman–Crippen LogP) is 6.84. The van der Waals surface area contributed by atoms with Crippen LogP contribution in [0.3, 0.4) is 0 Å². The molecule has 0 saturated heterocycles. The van der Waals surface area contributed by atoms with Crippen LogP contribution in [-0.4, -0.2) is 30.2 Å². The summed E-state index contributed by atoms with van der Waals surface area (Å²) in [6.45, 7) is 11.9. The van der Waals surface area contributed by atoms with Gasteiger partial charge in [-0.15, -0.1) is 0 Å². The molecule has 0 radical (unpaired) electrons. The fourth-order valence-corrected chi connectivity index (χ4v) is 6.70. The third-order valence-electron chi connectivity index (χ3n) is 7.70. The number of carbonyl (C=O) groups is 1. The molecule has 1 aromatic heterocycles. The number of hydrogen-bond acceptors (Lipinski definition) is 7. The Morgan fingerprint density at radius 2 is 1.73 bits per heavy atom. The van der Waals surface area contributed by atoms with Gasteiger partial charge < -0.3 is 14.4 Å². The van der Waals surface area contributed by atoms with Crippen LogP contribution in [0.2, 0.25) is 10.0 Å². The summed E-state index contributed by atoms with van der Waals surface area (Å²) in [7, 11) is 0. The first-order valence-corrected chi connectivity index (χ1v) is 16.4. The van der Waals surface area contributed by atoms with Gasteiger partial charge in [0.25, 0.3) is 5.56 Å². The molecule has 234 valence electrons. The molecule has 0 unspecified atom stereocenters. The molecule has 0 bridgehead atoms. The molecule has 1 atom stereocenters. The van der Waals surface area contributed by atoms with E-state index in [-0.39, 0.29) is 18.8 Å². The van der Waals surface area contributed by atoms with Crippen LogP contribution in [0.5, 0.6) is 5.75 Å². The third kappa shape index (κ3) is 6.88. The molecule has 0 saturated carbocycles. The quantitative estimate of drug-likeness (QED) is 0.174.